The van der Waals surface area contributed by atoms with Gasteiger partial charge in [0.25, 0.3) is 0 Å². The van der Waals surface area contributed by atoms with Crippen molar-refractivity contribution in [2.75, 3.05) is 26.2 Å². The Morgan fingerprint density at radius 2 is 1.80 bits per heavy atom. The average Bonchev–Trinajstić information content (AvgIpc) is 2.84. The molecule has 0 atom stereocenters. The number of imidazole rings is 1. The van der Waals surface area contributed by atoms with Gasteiger partial charge in [-0.3, -0.25) is 4.90 Å². The van der Waals surface area contributed by atoms with Crippen molar-refractivity contribution in [3.05, 3.63) is 30.6 Å². The largest absolute Gasteiger partial charge is 0.411 e. The molecule has 0 amide bonds. The van der Waals surface area contributed by atoms with E-state index in [1.54, 1.807) is 11.1 Å². The van der Waals surface area contributed by atoms with Gasteiger partial charge < -0.3 is 4.84 Å². The van der Waals surface area contributed by atoms with Crippen LogP contribution in [0.2, 0.25) is 0 Å². The lowest BCUT2D eigenvalue weighted by molar-refractivity contribution is 0.0867. The molecule has 4 nitrogen and oxygen atoms in total. The Hall–Kier alpha value is -0.970. The van der Waals surface area contributed by atoms with Crippen molar-refractivity contribution < 1.29 is 4.84 Å². The Morgan fingerprint density at radius 3 is 2.60 bits per heavy atom. The second-order valence-electron chi connectivity index (χ2n) is 4.79. The lowest BCUT2D eigenvalue weighted by atomic mass is 10.1. The Balaban J connectivity index is 0.000001000. The molecule has 0 saturated carbocycles. The van der Waals surface area contributed by atoms with Crippen molar-refractivity contribution in [1.29, 1.82) is 0 Å². The van der Waals surface area contributed by atoms with Crippen molar-refractivity contribution in [2.24, 2.45) is 0 Å². The highest BCUT2D eigenvalue weighted by molar-refractivity contribution is 5.85. The van der Waals surface area contributed by atoms with E-state index in [-0.39, 0.29) is 24.8 Å². The normalized spacial score (nSPS) is 15.4. The molecule has 2 heterocycles. The molecular formula is C14H21Cl2N3O. The van der Waals surface area contributed by atoms with Gasteiger partial charge in [-0.1, -0.05) is 18.6 Å². The molecule has 3 rings (SSSR count). The molecule has 1 aliphatic rings. The fourth-order valence-electron chi connectivity index (χ4n) is 2.49. The number of hydrogen-bond acceptors (Lipinski definition) is 3. The van der Waals surface area contributed by atoms with Gasteiger partial charge in [0.15, 0.2) is 0 Å². The summed E-state index contributed by atoms with van der Waals surface area (Å²) in [5, 5.41) is 0. The van der Waals surface area contributed by atoms with E-state index in [9.17, 15) is 0 Å². The SMILES string of the molecule is Cl.Cl.c1ccc2c(c1)ncn2OCCN1CCCCC1. The first-order valence-electron chi connectivity index (χ1n) is 6.71. The van der Waals surface area contributed by atoms with Gasteiger partial charge in [-0.15, -0.1) is 24.8 Å². The molecule has 1 fully saturated rings. The lowest BCUT2D eigenvalue weighted by Crippen LogP contribution is -2.34. The minimum absolute atomic E-state index is 0. The van der Waals surface area contributed by atoms with Crippen molar-refractivity contribution in [3.8, 4) is 0 Å². The summed E-state index contributed by atoms with van der Waals surface area (Å²) in [6.07, 6.45) is 5.78. The van der Waals surface area contributed by atoms with Gasteiger partial charge in [0.2, 0.25) is 0 Å². The fourth-order valence-corrected chi connectivity index (χ4v) is 2.49. The van der Waals surface area contributed by atoms with Gasteiger partial charge in [0.05, 0.1) is 5.52 Å². The van der Waals surface area contributed by atoms with Gasteiger partial charge >= 0.3 is 0 Å². The number of aromatic nitrogens is 2. The van der Waals surface area contributed by atoms with Crippen LogP contribution in [0.1, 0.15) is 19.3 Å². The third-order valence-electron chi connectivity index (χ3n) is 3.51. The minimum atomic E-state index is 0. The molecule has 1 saturated heterocycles. The maximum absolute atomic E-state index is 5.77. The quantitative estimate of drug-likeness (QED) is 0.868. The minimum Gasteiger partial charge on any atom is -0.411 e. The standard InChI is InChI=1S/C14H19N3O.2ClH/c1-4-8-16(9-5-1)10-11-18-17-12-15-13-6-2-3-7-14(13)17;;/h2-3,6-7,12H,1,4-5,8-11H2;2*1H. The molecule has 0 aliphatic carbocycles. The number of fused-ring (bicyclic) bond motifs is 1. The summed E-state index contributed by atoms with van der Waals surface area (Å²) in [4.78, 5) is 12.6. The van der Waals surface area contributed by atoms with Crippen LogP contribution in [0.5, 0.6) is 0 Å². The number of benzene rings is 1. The Morgan fingerprint density at radius 1 is 1.05 bits per heavy atom. The van der Waals surface area contributed by atoms with Gasteiger partial charge in [0, 0.05) is 6.54 Å². The van der Waals surface area contributed by atoms with E-state index in [2.05, 4.69) is 9.88 Å². The van der Waals surface area contributed by atoms with E-state index in [0.29, 0.717) is 0 Å². The number of piperidine rings is 1. The van der Waals surface area contributed by atoms with Gasteiger partial charge in [-0.2, -0.15) is 4.73 Å². The lowest BCUT2D eigenvalue weighted by Gasteiger charge is -2.26. The predicted octanol–water partition coefficient (Wildman–Crippen LogP) is 2.79. The van der Waals surface area contributed by atoms with Crippen molar-refractivity contribution in [3.63, 3.8) is 0 Å². The van der Waals surface area contributed by atoms with E-state index in [1.807, 2.05) is 24.3 Å². The first-order chi connectivity index (χ1) is 8.93. The molecule has 0 unspecified atom stereocenters. The zero-order chi connectivity index (χ0) is 12.2. The van der Waals surface area contributed by atoms with Gasteiger partial charge in [0.1, 0.15) is 18.5 Å². The highest BCUT2D eigenvalue weighted by Crippen LogP contribution is 2.10. The molecular weight excluding hydrogens is 297 g/mol. The average molecular weight is 318 g/mol. The molecule has 2 aromatic rings. The van der Waals surface area contributed by atoms with Crippen LogP contribution in [-0.2, 0) is 0 Å². The van der Waals surface area contributed by atoms with Crippen molar-refractivity contribution in [2.45, 2.75) is 19.3 Å². The van der Waals surface area contributed by atoms with Crippen LogP contribution in [0, 0.1) is 0 Å². The van der Waals surface area contributed by atoms with E-state index in [1.165, 1.54) is 32.4 Å². The summed E-state index contributed by atoms with van der Waals surface area (Å²) in [5.41, 5.74) is 2.02. The molecule has 0 radical (unpaired) electrons. The zero-order valence-electron chi connectivity index (χ0n) is 11.4. The van der Waals surface area contributed by atoms with Crippen LogP contribution < -0.4 is 4.84 Å². The van der Waals surface area contributed by atoms with E-state index < -0.39 is 0 Å². The number of halogens is 2. The second kappa shape index (κ2) is 8.35. The van der Waals surface area contributed by atoms with Crippen LogP contribution in [0.15, 0.2) is 30.6 Å². The molecule has 1 aromatic heterocycles. The van der Waals surface area contributed by atoms with Crippen LogP contribution in [0.4, 0.5) is 0 Å². The highest BCUT2D eigenvalue weighted by atomic mass is 35.5. The predicted molar refractivity (Wildman–Crippen MR) is 86.0 cm³/mol. The number of nitrogens with zero attached hydrogens (tertiary/aromatic N) is 3. The highest BCUT2D eigenvalue weighted by Gasteiger charge is 2.10. The Labute approximate surface area is 131 Å². The number of hydrogen-bond donors (Lipinski definition) is 0. The fraction of sp³-hybridized carbons (Fsp3) is 0.500. The van der Waals surface area contributed by atoms with Crippen LogP contribution in [0.3, 0.4) is 0 Å². The first-order valence-corrected chi connectivity index (χ1v) is 6.71. The third kappa shape index (κ3) is 4.01. The van der Waals surface area contributed by atoms with Crippen molar-refractivity contribution >= 4 is 35.8 Å². The molecule has 1 aliphatic heterocycles. The number of likely N-dealkylation sites (tertiary alicyclic amines) is 1. The van der Waals surface area contributed by atoms with Crippen LogP contribution in [0.25, 0.3) is 11.0 Å². The maximum atomic E-state index is 5.77. The molecule has 20 heavy (non-hydrogen) atoms. The molecule has 1 aromatic carbocycles. The molecule has 0 bridgehead atoms. The molecule has 6 heteroatoms. The Kier molecular flexibility index (Phi) is 7.13. The third-order valence-corrected chi connectivity index (χ3v) is 3.51. The number of rotatable bonds is 4. The Bertz CT molecular complexity index is 512. The van der Waals surface area contributed by atoms with Crippen LogP contribution in [-0.4, -0.2) is 40.9 Å². The maximum Gasteiger partial charge on any atom is 0.133 e. The zero-order valence-corrected chi connectivity index (χ0v) is 13.0. The summed E-state index contributed by atoms with van der Waals surface area (Å²) in [5.74, 6) is 0. The van der Waals surface area contributed by atoms with Crippen molar-refractivity contribution in [1.82, 2.24) is 14.6 Å². The summed E-state index contributed by atoms with van der Waals surface area (Å²) in [6.45, 7) is 4.16. The first kappa shape index (κ1) is 17.1. The second-order valence-corrected chi connectivity index (χ2v) is 4.79. The summed E-state index contributed by atoms with van der Waals surface area (Å²) in [7, 11) is 0. The summed E-state index contributed by atoms with van der Waals surface area (Å²) >= 11 is 0. The summed E-state index contributed by atoms with van der Waals surface area (Å²) < 4.78 is 1.78. The van der Waals surface area contributed by atoms with Crippen LogP contribution >= 0.6 is 24.8 Å². The van der Waals surface area contributed by atoms with E-state index in [4.69, 9.17) is 4.84 Å². The topological polar surface area (TPSA) is 30.3 Å². The molecule has 0 N–H and O–H groups in total. The molecule has 112 valence electrons. The summed E-state index contributed by atoms with van der Waals surface area (Å²) in [6, 6.07) is 8.03. The van der Waals surface area contributed by atoms with E-state index in [0.717, 1.165) is 24.2 Å². The van der Waals surface area contributed by atoms with E-state index >= 15 is 0 Å². The smallest absolute Gasteiger partial charge is 0.133 e. The molecule has 0 spiro atoms. The number of para-hydroxylation sites is 2. The van der Waals surface area contributed by atoms with Gasteiger partial charge in [-0.25, -0.2) is 4.98 Å². The monoisotopic (exact) mass is 317 g/mol. The van der Waals surface area contributed by atoms with Gasteiger partial charge in [-0.05, 0) is 38.1 Å².